The van der Waals surface area contributed by atoms with Crippen LogP contribution in [0.1, 0.15) is 15.9 Å². The molecule has 0 aliphatic rings. The summed E-state index contributed by atoms with van der Waals surface area (Å²) in [4.78, 5) is 32.0. The maximum absolute atomic E-state index is 13.5. The van der Waals surface area contributed by atoms with Gasteiger partial charge in [0.15, 0.2) is 9.84 Å². The first-order valence-electron chi connectivity index (χ1n) is 5.40. The molecular formula is C11H11FN2O6S. The number of aromatic carboxylic acids is 1. The highest BCUT2D eigenvalue weighted by molar-refractivity contribution is 7.92. The summed E-state index contributed by atoms with van der Waals surface area (Å²) in [6, 6.07) is 0.281. The van der Waals surface area contributed by atoms with E-state index in [1.807, 2.05) is 0 Å². The molecule has 10 heteroatoms. The maximum Gasteiger partial charge on any atom is 0.338 e. The quantitative estimate of drug-likeness (QED) is 0.656. The number of hydrogen-bond donors (Lipinski definition) is 3. The number of carboxylic acids is 1. The van der Waals surface area contributed by atoms with Crippen LogP contribution in [0.15, 0.2) is 17.0 Å². The number of carbonyl (C=O) groups is 3. The number of carboxylic acid groups (broad SMARTS) is 1. The van der Waals surface area contributed by atoms with Gasteiger partial charge in [0.2, 0.25) is 5.91 Å². The molecule has 0 spiro atoms. The number of carbonyl (C=O) groups excluding carboxylic acids is 2. The van der Waals surface area contributed by atoms with Crippen molar-refractivity contribution >= 4 is 27.7 Å². The van der Waals surface area contributed by atoms with Gasteiger partial charge in [-0.1, -0.05) is 0 Å². The van der Waals surface area contributed by atoms with E-state index in [9.17, 15) is 27.2 Å². The summed E-state index contributed by atoms with van der Waals surface area (Å²) >= 11 is 0. The molecule has 3 amide bonds. The molecule has 0 fully saturated rings. The Morgan fingerprint density at radius 2 is 1.90 bits per heavy atom. The third-order valence-electron chi connectivity index (χ3n) is 2.40. The highest BCUT2D eigenvalue weighted by atomic mass is 32.2. The number of aryl methyl sites for hydroxylation is 1. The number of amides is 3. The monoisotopic (exact) mass is 318 g/mol. The minimum absolute atomic E-state index is 0.205. The predicted octanol–water partition coefficient (Wildman–Crippen LogP) is -0.199. The van der Waals surface area contributed by atoms with E-state index >= 15 is 0 Å². The van der Waals surface area contributed by atoms with Crippen LogP contribution < -0.4 is 11.1 Å². The second kappa shape index (κ2) is 5.87. The summed E-state index contributed by atoms with van der Waals surface area (Å²) in [5.41, 5.74) is 3.63. The zero-order valence-corrected chi connectivity index (χ0v) is 11.5. The summed E-state index contributed by atoms with van der Waals surface area (Å²) in [6.45, 7) is 1.18. The fourth-order valence-electron chi connectivity index (χ4n) is 1.50. The van der Waals surface area contributed by atoms with Gasteiger partial charge in [-0.3, -0.25) is 10.1 Å². The molecule has 4 N–H and O–H groups in total. The minimum Gasteiger partial charge on any atom is -0.478 e. The van der Waals surface area contributed by atoms with Crippen molar-refractivity contribution < 1.29 is 32.3 Å². The van der Waals surface area contributed by atoms with Crippen LogP contribution in [0.3, 0.4) is 0 Å². The van der Waals surface area contributed by atoms with Crippen molar-refractivity contribution in [2.75, 3.05) is 5.75 Å². The number of benzene rings is 1. The molecule has 0 radical (unpaired) electrons. The molecule has 0 saturated heterocycles. The Bertz CT molecular complexity index is 728. The molecule has 21 heavy (non-hydrogen) atoms. The topological polar surface area (TPSA) is 144 Å². The average Bonchev–Trinajstić information content (AvgIpc) is 2.29. The zero-order valence-electron chi connectivity index (χ0n) is 10.7. The van der Waals surface area contributed by atoms with E-state index in [-0.39, 0.29) is 5.56 Å². The first-order valence-corrected chi connectivity index (χ1v) is 7.05. The second-order valence-corrected chi connectivity index (χ2v) is 6.07. The van der Waals surface area contributed by atoms with Gasteiger partial charge in [0.05, 0.1) is 10.5 Å². The Labute approximate surface area is 118 Å². The van der Waals surface area contributed by atoms with E-state index in [0.717, 1.165) is 6.07 Å². The number of primary amides is 1. The Morgan fingerprint density at radius 3 is 2.38 bits per heavy atom. The van der Waals surface area contributed by atoms with Crippen molar-refractivity contribution in [1.29, 1.82) is 0 Å². The minimum atomic E-state index is -4.25. The summed E-state index contributed by atoms with van der Waals surface area (Å²) in [5, 5.41) is 10.4. The van der Waals surface area contributed by atoms with Gasteiger partial charge < -0.3 is 10.8 Å². The smallest absolute Gasteiger partial charge is 0.338 e. The van der Waals surface area contributed by atoms with Crippen LogP contribution in [0.2, 0.25) is 0 Å². The Balaban J connectivity index is 3.23. The Morgan fingerprint density at radius 1 is 1.33 bits per heavy atom. The van der Waals surface area contributed by atoms with Gasteiger partial charge in [-0.2, -0.15) is 0 Å². The van der Waals surface area contributed by atoms with Crippen molar-refractivity contribution in [3.05, 3.63) is 29.1 Å². The normalized spacial score (nSPS) is 11.0. The number of imide groups is 1. The Kier molecular flexibility index (Phi) is 4.63. The third-order valence-corrected chi connectivity index (χ3v) is 4.00. The van der Waals surface area contributed by atoms with Crippen LogP contribution in [0.5, 0.6) is 0 Å². The van der Waals surface area contributed by atoms with E-state index in [1.165, 1.54) is 6.92 Å². The van der Waals surface area contributed by atoms with Crippen LogP contribution in [-0.2, 0) is 14.6 Å². The summed E-state index contributed by atoms with van der Waals surface area (Å²) in [5.74, 6) is -5.02. The summed E-state index contributed by atoms with van der Waals surface area (Å²) in [7, 11) is -4.25. The van der Waals surface area contributed by atoms with Crippen molar-refractivity contribution in [3.8, 4) is 0 Å². The molecule has 0 aromatic heterocycles. The van der Waals surface area contributed by atoms with Gasteiger partial charge in [-0.25, -0.2) is 22.4 Å². The van der Waals surface area contributed by atoms with Gasteiger partial charge in [-0.15, -0.1) is 0 Å². The highest BCUT2D eigenvalue weighted by Gasteiger charge is 2.24. The van der Waals surface area contributed by atoms with E-state index in [4.69, 9.17) is 5.11 Å². The molecule has 0 atom stereocenters. The molecule has 0 unspecified atom stereocenters. The summed E-state index contributed by atoms with van der Waals surface area (Å²) in [6.07, 6.45) is 0. The third kappa shape index (κ3) is 3.99. The summed E-state index contributed by atoms with van der Waals surface area (Å²) < 4.78 is 37.4. The lowest BCUT2D eigenvalue weighted by Gasteiger charge is -2.08. The number of sulfone groups is 1. The molecule has 0 aliphatic heterocycles. The molecule has 0 saturated carbocycles. The first kappa shape index (κ1) is 16.6. The number of nitrogens with two attached hydrogens (primary N) is 1. The largest absolute Gasteiger partial charge is 0.478 e. The maximum atomic E-state index is 13.5. The van der Waals surface area contributed by atoms with Crippen LogP contribution in [0.25, 0.3) is 0 Å². The van der Waals surface area contributed by atoms with Gasteiger partial charge >= 0.3 is 12.0 Å². The molecular weight excluding hydrogens is 307 g/mol. The van der Waals surface area contributed by atoms with Gasteiger partial charge in [0, 0.05) is 0 Å². The van der Waals surface area contributed by atoms with E-state index in [1.54, 1.807) is 5.32 Å². The number of halogens is 1. The van der Waals surface area contributed by atoms with Crippen molar-refractivity contribution in [3.63, 3.8) is 0 Å². The number of rotatable bonds is 4. The van der Waals surface area contributed by atoms with Crippen LogP contribution in [-0.4, -0.2) is 37.2 Å². The number of nitrogens with one attached hydrogen (secondary N) is 1. The molecule has 114 valence electrons. The fraction of sp³-hybridized carbons (Fsp3) is 0.182. The molecule has 1 aromatic rings. The average molecular weight is 318 g/mol. The van der Waals surface area contributed by atoms with Gasteiger partial charge in [0.25, 0.3) is 0 Å². The Hall–Kier alpha value is -2.49. The zero-order chi connectivity index (χ0) is 16.4. The van der Waals surface area contributed by atoms with Crippen molar-refractivity contribution in [2.45, 2.75) is 11.8 Å². The lowest BCUT2D eigenvalue weighted by atomic mass is 10.1. The predicted molar refractivity (Wildman–Crippen MR) is 67.9 cm³/mol. The molecule has 0 bridgehead atoms. The van der Waals surface area contributed by atoms with Crippen molar-refractivity contribution in [1.82, 2.24) is 5.32 Å². The van der Waals surface area contributed by atoms with E-state index in [2.05, 4.69) is 5.73 Å². The van der Waals surface area contributed by atoms with E-state index in [0.29, 0.717) is 6.07 Å². The number of urea groups is 1. The lowest BCUT2D eigenvalue weighted by molar-refractivity contribution is -0.117. The highest BCUT2D eigenvalue weighted by Crippen LogP contribution is 2.20. The standard InChI is InChI=1S/C11H11FN2O6S/c1-5-2-6(3-7(9(5)12)10(16)17)21(19,20)4-8(15)14-11(13)18/h2-3H,4H2,1H3,(H,16,17)(H3,13,14,15,18). The molecule has 0 heterocycles. The lowest BCUT2D eigenvalue weighted by Crippen LogP contribution is -2.38. The fourth-order valence-corrected chi connectivity index (χ4v) is 2.74. The van der Waals surface area contributed by atoms with Crippen LogP contribution >= 0.6 is 0 Å². The molecule has 8 nitrogen and oxygen atoms in total. The van der Waals surface area contributed by atoms with Crippen LogP contribution in [0, 0.1) is 12.7 Å². The molecule has 0 aliphatic carbocycles. The SMILES string of the molecule is Cc1cc(S(=O)(=O)CC(=O)NC(N)=O)cc(C(=O)O)c1F. The second-order valence-electron chi connectivity index (χ2n) is 4.08. The molecule has 1 aromatic carbocycles. The molecule has 1 rings (SSSR count). The number of hydrogen-bond acceptors (Lipinski definition) is 5. The van der Waals surface area contributed by atoms with Gasteiger partial charge in [-0.05, 0) is 24.6 Å². The van der Waals surface area contributed by atoms with Gasteiger partial charge in [0.1, 0.15) is 11.6 Å². The van der Waals surface area contributed by atoms with Crippen LogP contribution in [0.4, 0.5) is 9.18 Å². The van der Waals surface area contributed by atoms with E-state index < -0.39 is 49.8 Å². The first-order chi connectivity index (χ1) is 9.54. The van der Waals surface area contributed by atoms with Crippen molar-refractivity contribution in [2.24, 2.45) is 5.73 Å².